The molecule has 0 aromatic rings. The average molecular weight is 229 g/mol. The van der Waals surface area contributed by atoms with Crippen LogP contribution in [-0.4, -0.2) is 29.6 Å². The lowest BCUT2D eigenvalue weighted by atomic mass is 9.77. The monoisotopic (exact) mass is 229 g/mol. The summed E-state index contributed by atoms with van der Waals surface area (Å²) in [7, 11) is 0. The minimum Gasteiger partial charge on any atom is -0.342 e. The molecule has 1 unspecified atom stereocenters. The second kappa shape index (κ2) is 5.24. The van der Waals surface area contributed by atoms with E-state index in [4.69, 9.17) is 0 Å². The first kappa shape index (κ1) is 12.9. The largest absolute Gasteiger partial charge is 0.342 e. The highest BCUT2D eigenvalue weighted by atomic mass is 32.1. The number of carbonyl (C=O) groups excluding carboxylic acids is 1. The molecule has 3 heteroatoms. The molecule has 1 aliphatic rings. The fraction of sp³-hybridized carbons (Fsp3) is 0.917. The Morgan fingerprint density at radius 1 is 1.40 bits per heavy atom. The van der Waals surface area contributed by atoms with Gasteiger partial charge in [-0.05, 0) is 24.2 Å². The minimum atomic E-state index is 0.316. The fourth-order valence-electron chi connectivity index (χ4n) is 2.26. The lowest BCUT2D eigenvalue weighted by Gasteiger charge is -2.29. The van der Waals surface area contributed by atoms with E-state index in [0.29, 0.717) is 17.2 Å². The summed E-state index contributed by atoms with van der Waals surface area (Å²) in [6.45, 7) is 8.55. The summed E-state index contributed by atoms with van der Waals surface area (Å²) in [4.78, 5) is 13.7. The van der Waals surface area contributed by atoms with E-state index < -0.39 is 0 Å². The molecule has 1 fully saturated rings. The van der Waals surface area contributed by atoms with Crippen LogP contribution in [0, 0.1) is 11.3 Å². The predicted octanol–water partition coefficient (Wildman–Crippen LogP) is 2.59. The molecule has 1 heterocycles. The fourth-order valence-corrected chi connectivity index (χ4v) is 2.50. The van der Waals surface area contributed by atoms with Gasteiger partial charge in [-0.15, -0.1) is 0 Å². The highest BCUT2D eigenvalue weighted by Crippen LogP contribution is 2.34. The SMILES string of the molecule is CC(C)(C)C1CCC(=O)N(CCS)CC1. The van der Waals surface area contributed by atoms with Crippen molar-refractivity contribution in [3.8, 4) is 0 Å². The molecule has 1 amide bonds. The average Bonchev–Trinajstić information content (AvgIpc) is 2.29. The Morgan fingerprint density at radius 3 is 2.60 bits per heavy atom. The summed E-state index contributed by atoms with van der Waals surface area (Å²) in [5.41, 5.74) is 0.331. The van der Waals surface area contributed by atoms with Crippen molar-refractivity contribution < 1.29 is 4.79 Å². The van der Waals surface area contributed by atoms with Crippen LogP contribution < -0.4 is 0 Å². The van der Waals surface area contributed by atoms with Crippen molar-refractivity contribution >= 4 is 18.5 Å². The van der Waals surface area contributed by atoms with Crippen LogP contribution in [0.5, 0.6) is 0 Å². The van der Waals surface area contributed by atoms with Gasteiger partial charge in [0.25, 0.3) is 0 Å². The van der Waals surface area contributed by atoms with E-state index in [0.717, 1.165) is 38.1 Å². The van der Waals surface area contributed by atoms with Crippen molar-refractivity contribution in [2.24, 2.45) is 11.3 Å². The van der Waals surface area contributed by atoms with Crippen LogP contribution in [0.2, 0.25) is 0 Å². The number of hydrogen-bond donors (Lipinski definition) is 1. The second-order valence-corrected chi connectivity index (χ2v) is 5.94. The summed E-state index contributed by atoms with van der Waals surface area (Å²) in [6.07, 6.45) is 2.91. The van der Waals surface area contributed by atoms with Crippen molar-refractivity contribution in [2.75, 3.05) is 18.8 Å². The maximum Gasteiger partial charge on any atom is 0.222 e. The van der Waals surface area contributed by atoms with Crippen molar-refractivity contribution in [3.05, 3.63) is 0 Å². The first-order valence-corrected chi connectivity index (χ1v) is 6.47. The zero-order chi connectivity index (χ0) is 11.5. The molecule has 88 valence electrons. The smallest absolute Gasteiger partial charge is 0.222 e. The molecular formula is C12H23NOS. The Labute approximate surface area is 98.8 Å². The Bertz CT molecular complexity index is 222. The highest BCUT2D eigenvalue weighted by Gasteiger charge is 2.29. The zero-order valence-corrected chi connectivity index (χ0v) is 11.0. The summed E-state index contributed by atoms with van der Waals surface area (Å²) in [6, 6.07) is 0. The number of likely N-dealkylation sites (tertiary alicyclic amines) is 1. The summed E-state index contributed by atoms with van der Waals surface area (Å²) >= 11 is 4.19. The quantitative estimate of drug-likeness (QED) is 0.722. The van der Waals surface area contributed by atoms with E-state index >= 15 is 0 Å². The third-order valence-corrected chi connectivity index (χ3v) is 3.60. The van der Waals surface area contributed by atoms with Gasteiger partial charge in [0.2, 0.25) is 5.91 Å². The number of rotatable bonds is 2. The first-order valence-electron chi connectivity index (χ1n) is 5.84. The van der Waals surface area contributed by atoms with E-state index in [1.54, 1.807) is 0 Å². The van der Waals surface area contributed by atoms with Crippen LogP contribution in [0.3, 0.4) is 0 Å². The number of carbonyl (C=O) groups is 1. The Balaban J connectivity index is 2.57. The maximum absolute atomic E-state index is 11.8. The van der Waals surface area contributed by atoms with Crippen LogP contribution >= 0.6 is 12.6 Å². The number of thiol groups is 1. The Hall–Kier alpha value is -0.180. The van der Waals surface area contributed by atoms with Crippen molar-refractivity contribution in [3.63, 3.8) is 0 Å². The van der Waals surface area contributed by atoms with Gasteiger partial charge in [0.1, 0.15) is 0 Å². The molecule has 0 aromatic heterocycles. The van der Waals surface area contributed by atoms with E-state index in [2.05, 4.69) is 33.4 Å². The normalized spacial score (nSPS) is 24.1. The molecule has 1 saturated heterocycles. The van der Waals surface area contributed by atoms with Gasteiger partial charge in [-0.1, -0.05) is 20.8 Å². The highest BCUT2D eigenvalue weighted by molar-refractivity contribution is 7.80. The van der Waals surface area contributed by atoms with Gasteiger partial charge in [-0.25, -0.2) is 0 Å². The van der Waals surface area contributed by atoms with Gasteiger partial charge in [0.05, 0.1) is 0 Å². The standard InChI is InChI=1S/C12H23NOS/c1-12(2,3)10-4-5-11(14)13(7-6-10)8-9-15/h10,15H,4-9H2,1-3H3. The number of amides is 1. The lowest BCUT2D eigenvalue weighted by molar-refractivity contribution is -0.130. The van der Waals surface area contributed by atoms with Gasteiger partial charge in [-0.3, -0.25) is 4.79 Å². The van der Waals surface area contributed by atoms with E-state index in [1.165, 1.54) is 0 Å². The van der Waals surface area contributed by atoms with Crippen LogP contribution in [0.1, 0.15) is 40.0 Å². The van der Waals surface area contributed by atoms with Gasteiger partial charge in [0.15, 0.2) is 0 Å². The molecule has 0 saturated carbocycles. The van der Waals surface area contributed by atoms with Crippen LogP contribution in [-0.2, 0) is 4.79 Å². The predicted molar refractivity (Wildman–Crippen MR) is 67.2 cm³/mol. The van der Waals surface area contributed by atoms with Gasteiger partial charge >= 0.3 is 0 Å². The van der Waals surface area contributed by atoms with Crippen LogP contribution in [0.25, 0.3) is 0 Å². The third kappa shape index (κ3) is 3.71. The maximum atomic E-state index is 11.8. The Morgan fingerprint density at radius 2 is 2.07 bits per heavy atom. The molecule has 15 heavy (non-hydrogen) atoms. The van der Waals surface area contributed by atoms with E-state index in [1.807, 2.05) is 4.90 Å². The molecule has 0 spiro atoms. The number of hydrogen-bond acceptors (Lipinski definition) is 2. The van der Waals surface area contributed by atoms with Crippen LogP contribution in [0.15, 0.2) is 0 Å². The topological polar surface area (TPSA) is 20.3 Å². The molecule has 0 aromatic carbocycles. The summed E-state index contributed by atoms with van der Waals surface area (Å²) in [5.74, 6) is 1.76. The molecule has 1 atom stereocenters. The lowest BCUT2D eigenvalue weighted by Crippen LogP contribution is -2.32. The molecule has 1 aliphatic heterocycles. The minimum absolute atomic E-state index is 0.316. The molecule has 2 nitrogen and oxygen atoms in total. The molecule has 1 rings (SSSR count). The van der Waals surface area contributed by atoms with E-state index in [9.17, 15) is 4.79 Å². The second-order valence-electron chi connectivity index (χ2n) is 5.49. The molecule has 0 radical (unpaired) electrons. The first-order chi connectivity index (χ1) is 6.95. The van der Waals surface area contributed by atoms with Gasteiger partial charge in [0, 0.05) is 25.3 Å². The van der Waals surface area contributed by atoms with Crippen molar-refractivity contribution in [2.45, 2.75) is 40.0 Å². The summed E-state index contributed by atoms with van der Waals surface area (Å²) < 4.78 is 0. The third-order valence-electron chi connectivity index (χ3n) is 3.40. The molecule has 0 bridgehead atoms. The zero-order valence-electron chi connectivity index (χ0n) is 10.1. The van der Waals surface area contributed by atoms with Crippen LogP contribution in [0.4, 0.5) is 0 Å². The molecule has 0 aliphatic carbocycles. The van der Waals surface area contributed by atoms with E-state index in [-0.39, 0.29) is 0 Å². The molecule has 0 N–H and O–H groups in total. The Kier molecular flexibility index (Phi) is 4.50. The van der Waals surface area contributed by atoms with Gasteiger partial charge < -0.3 is 4.90 Å². The van der Waals surface area contributed by atoms with Crippen molar-refractivity contribution in [1.29, 1.82) is 0 Å². The number of nitrogens with zero attached hydrogens (tertiary/aromatic N) is 1. The van der Waals surface area contributed by atoms with Crippen molar-refractivity contribution in [1.82, 2.24) is 4.90 Å². The molecular weight excluding hydrogens is 206 g/mol. The summed E-state index contributed by atoms with van der Waals surface area (Å²) in [5, 5.41) is 0. The van der Waals surface area contributed by atoms with Gasteiger partial charge in [-0.2, -0.15) is 12.6 Å².